The SMILES string of the molecule is O=C(O)C(F)(F)F.O=S(=O)(NCCC1CNCc2ccnn21)c1ccccc1. The van der Waals surface area contributed by atoms with Crippen LogP contribution in [0.5, 0.6) is 0 Å². The quantitative estimate of drug-likeness (QED) is 0.676. The summed E-state index contributed by atoms with van der Waals surface area (Å²) < 4.78 is 60.6. The average Bonchev–Trinajstić information content (AvgIpc) is 3.12. The topological polar surface area (TPSA) is 113 Å². The second-order valence-corrected chi connectivity index (χ2v) is 7.62. The largest absolute Gasteiger partial charge is 0.490 e. The predicted octanol–water partition coefficient (Wildman–Crippen LogP) is 1.53. The number of carboxylic acid groups (broad SMARTS) is 1. The molecule has 1 aromatic heterocycles. The lowest BCUT2D eigenvalue weighted by Crippen LogP contribution is -2.36. The minimum atomic E-state index is -5.08. The molecule has 0 saturated carbocycles. The van der Waals surface area contributed by atoms with Crippen molar-refractivity contribution in [3.8, 4) is 0 Å². The number of fused-ring (bicyclic) bond motifs is 1. The van der Waals surface area contributed by atoms with E-state index < -0.39 is 22.2 Å². The molecular weight excluding hydrogens is 401 g/mol. The van der Waals surface area contributed by atoms with Crippen molar-refractivity contribution in [1.82, 2.24) is 19.8 Å². The molecule has 0 spiro atoms. The number of alkyl halides is 3. The summed E-state index contributed by atoms with van der Waals surface area (Å²) in [6.45, 7) is 2.01. The number of nitrogens with one attached hydrogen (secondary N) is 2. The first-order valence-electron chi connectivity index (χ1n) is 8.19. The maximum Gasteiger partial charge on any atom is 0.490 e. The first-order chi connectivity index (χ1) is 13.1. The molecule has 0 bridgehead atoms. The molecule has 3 rings (SSSR count). The Balaban J connectivity index is 0.000000345. The van der Waals surface area contributed by atoms with E-state index in [4.69, 9.17) is 9.90 Å². The van der Waals surface area contributed by atoms with Gasteiger partial charge in [-0.25, -0.2) is 17.9 Å². The summed E-state index contributed by atoms with van der Waals surface area (Å²) in [6, 6.07) is 10.6. The smallest absolute Gasteiger partial charge is 0.475 e. The van der Waals surface area contributed by atoms with Crippen LogP contribution in [0.25, 0.3) is 0 Å². The van der Waals surface area contributed by atoms with Crippen molar-refractivity contribution in [2.75, 3.05) is 13.1 Å². The van der Waals surface area contributed by atoms with Crippen molar-refractivity contribution in [1.29, 1.82) is 0 Å². The van der Waals surface area contributed by atoms with E-state index in [2.05, 4.69) is 15.1 Å². The Morgan fingerprint density at radius 1 is 1.29 bits per heavy atom. The lowest BCUT2D eigenvalue weighted by Gasteiger charge is -2.25. The van der Waals surface area contributed by atoms with Gasteiger partial charge in [-0.3, -0.25) is 4.68 Å². The molecule has 1 atom stereocenters. The fourth-order valence-electron chi connectivity index (χ4n) is 2.53. The number of aliphatic carboxylic acids is 1. The number of benzene rings is 1. The summed E-state index contributed by atoms with van der Waals surface area (Å²) in [6.07, 6.45) is -2.60. The van der Waals surface area contributed by atoms with Gasteiger partial charge in [0.25, 0.3) is 0 Å². The second-order valence-electron chi connectivity index (χ2n) is 5.85. The highest BCUT2D eigenvalue weighted by atomic mass is 32.2. The number of rotatable bonds is 5. The summed E-state index contributed by atoms with van der Waals surface area (Å²) in [4.78, 5) is 9.19. The maximum absolute atomic E-state index is 12.1. The number of hydrogen-bond donors (Lipinski definition) is 3. The molecule has 28 heavy (non-hydrogen) atoms. The van der Waals surface area contributed by atoms with Crippen LogP contribution in [0.4, 0.5) is 13.2 Å². The molecule has 1 aliphatic rings. The van der Waals surface area contributed by atoms with Crippen LogP contribution in [-0.2, 0) is 21.4 Å². The minimum absolute atomic E-state index is 0.183. The number of carbonyl (C=O) groups is 1. The van der Waals surface area contributed by atoms with Crippen molar-refractivity contribution in [3.05, 3.63) is 48.3 Å². The summed E-state index contributed by atoms with van der Waals surface area (Å²) in [5.41, 5.74) is 1.14. The third-order valence-electron chi connectivity index (χ3n) is 3.85. The molecule has 0 radical (unpaired) electrons. The Morgan fingerprint density at radius 3 is 2.54 bits per heavy atom. The normalized spacial score (nSPS) is 16.6. The molecule has 2 heterocycles. The Morgan fingerprint density at radius 2 is 1.93 bits per heavy atom. The monoisotopic (exact) mass is 420 g/mol. The van der Waals surface area contributed by atoms with Gasteiger partial charge in [0.1, 0.15) is 0 Å². The first-order valence-corrected chi connectivity index (χ1v) is 9.67. The molecule has 0 aliphatic carbocycles. The molecule has 2 aromatic rings. The molecule has 8 nitrogen and oxygen atoms in total. The van der Waals surface area contributed by atoms with Crippen molar-refractivity contribution in [3.63, 3.8) is 0 Å². The van der Waals surface area contributed by atoms with Crippen LogP contribution in [-0.4, -0.2) is 48.5 Å². The Bertz CT molecular complexity index is 885. The van der Waals surface area contributed by atoms with E-state index in [1.807, 2.05) is 10.7 Å². The number of halogens is 3. The molecule has 0 fully saturated rings. The molecule has 1 aliphatic heterocycles. The van der Waals surface area contributed by atoms with E-state index in [1.54, 1.807) is 36.5 Å². The zero-order chi connectivity index (χ0) is 20.8. The zero-order valence-corrected chi connectivity index (χ0v) is 15.4. The number of carboxylic acids is 1. The van der Waals surface area contributed by atoms with Crippen LogP contribution < -0.4 is 10.0 Å². The van der Waals surface area contributed by atoms with E-state index in [-0.39, 0.29) is 6.04 Å². The zero-order valence-electron chi connectivity index (χ0n) is 14.6. The molecular formula is C16H19F3N4O4S. The van der Waals surface area contributed by atoms with Gasteiger partial charge >= 0.3 is 12.1 Å². The predicted molar refractivity (Wildman–Crippen MR) is 92.9 cm³/mol. The summed E-state index contributed by atoms with van der Waals surface area (Å²) in [5, 5.41) is 14.8. The van der Waals surface area contributed by atoms with E-state index in [0.29, 0.717) is 17.9 Å². The number of sulfonamides is 1. The summed E-state index contributed by atoms with van der Waals surface area (Å²) in [7, 11) is -3.43. The van der Waals surface area contributed by atoms with Gasteiger partial charge in [0.2, 0.25) is 10.0 Å². The van der Waals surface area contributed by atoms with E-state index in [9.17, 15) is 21.6 Å². The minimum Gasteiger partial charge on any atom is -0.475 e. The molecule has 12 heteroatoms. The van der Waals surface area contributed by atoms with Gasteiger partial charge in [-0.1, -0.05) is 18.2 Å². The van der Waals surface area contributed by atoms with Crippen LogP contribution in [0.2, 0.25) is 0 Å². The molecule has 1 unspecified atom stereocenters. The summed E-state index contributed by atoms with van der Waals surface area (Å²) >= 11 is 0. The van der Waals surface area contributed by atoms with Crippen LogP contribution >= 0.6 is 0 Å². The van der Waals surface area contributed by atoms with Crippen LogP contribution in [0, 0.1) is 0 Å². The highest BCUT2D eigenvalue weighted by molar-refractivity contribution is 7.89. The van der Waals surface area contributed by atoms with Crippen LogP contribution in [0.3, 0.4) is 0 Å². The average molecular weight is 420 g/mol. The summed E-state index contributed by atoms with van der Waals surface area (Å²) in [5.74, 6) is -2.76. The highest BCUT2D eigenvalue weighted by Crippen LogP contribution is 2.17. The number of nitrogens with zero attached hydrogens (tertiary/aromatic N) is 2. The van der Waals surface area contributed by atoms with Crippen molar-refractivity contribution in [2.45, 2.75) is 30.1 Å². The van der Waals surface area contributed by atoms with Crippen LogP contribution in [0.1, 0.15) is 18.2 Å². The number of aromatic nitrogens is 2. The maximum atomic E-state index is 12.1. The van der Waals surface area contributed by atoms with Crippen molar-refractivity contribution < 1.29 is 31.5 Å². The fourth-order valence-corrected chi connectivity index (χ4v) is 3.60. The third kappa shape index (κ3) is 6.04. The third-order valence-corrected chi connectivity index (χ3v) is 5.33. The van der Waals surface area contributed by atoms with Gasteiger partial charge in [-0.15, -0.1) is 0 Å². The fraction of sp³-hybridized carbons (Fsp3) is 0.375. The van der Waals surface area contributed by atoms with E-state index in [1.165, 1.54) is 0 Å². The van der Waals surface area contributed by atoms with Gasteiger partial charge in [0.05, 0.1) is 16.6 Å². The molecule has 154 valence electrons. The van der Waals surface area contributed by atoms with Gasteiger partial charge in [-0.05, 0) is 24.6 Å². The van der Waals surface area contributed by atoms with Gasteiger partial charge in [-0.2, -0.15) is 18.3 Å². The lowest BCUT2D eigenvalue weighted by molar-refractivity contribution is -0.192. The lowest BCUT2D eigenvalue weighted by atomic mass is 10.1. The van der Waals surface area contributed by atoms with Gasteiger partial charge in [0, 0.05) is 25.8 Å². The standard InChI is InChI=1S/C14H18N4O2S.C2HF3O2/c19-21(20,14-4-2-1-3-5-14)17-9-7-13-11-15-10-12-6-8-16-18(12)13;3-2(4,5)1(6)7/h1-6,8,13,15,17H,7,9-11H2;(H,6,7). The molecule has 0 saturated heterocycles. The Kier molecular flexibility index (Phi) is 7.16. The molecule has 0 amide bonds. The first kappa shape index (κ1) is 21.9. The molecule has 3 N–H and O–H groups in total. The van der Waals surface area contributed by atoms with Crippen molar-refractivity contribution >= 4 is 16.0 Å². The van der Waals surface area contributed by atoms with E-state index >= 15 is 0 Å². The van der Waals surface area contributed by atoms with Crippen LogP contribution in [0.15, 0.2) is 47.5 Å². The highest BCUT2D eigenvalue weighted by Gasteiger charge is 2.38. The second kappa shape index (κ2) is 9.17. The number of hydrogen-bond acceptors (Lipinski definition) is 5. The molecule has 1 aromatic carbocycles. The van der Waals surface area contributed by atoms with Crippen molar-refractivity contribution in [2.24, 2.45) is 0 Å². The van der Waals surface area contributed by atoms with E-state index in [0.717, 1.165) is 18.8 Å². The Labute approximate surface area is 159 Å². The Hall–Kier alpha value is -2.44. The van der Waals surface area contributed by atoms with Gasteiger partial charge in [0.15, 0.2) is 0 Å². The van der Waals surface area contributed by atoms with Gasteiger partial charge < -0.3 is 10.4 Å².